The third kappa shape index (κ3) is 6.64. The highest BCUT2D eigenvalue weighted by molar-refractivity contribution is 7.10. The first-order chi connectivity index (χ1) is 15.8. The van der Waals surface area contributed by atoms with Crippen molar-refractivity contribution in [1.82, 2.24) is 10.6 Å². The van der Waals surface area contributed by atoms with Crippen LogP contribution in [0.2, 0.25) is 0 Å². The van der Waals surface area contributed by atoms with Crippen molar-refractivity contribution in [3.05, 3.63) is 63.9 Å². The number of aliphatic hydroxyl groups excluding tert-OH is 2. The summed E-state index contributed by atoms with van der Waals surface area (Å²) in [4.78, 5) is 37.9. The Kier molecular flexibility index (Phi) is 8.21. The zero-order chi connectivity index (χ0) is 24.0. The molecule has 1 aromatic heterocycles. The van der Waals surface area contributed by atoms with Crippen LogP contribution in [0.5, 0.6) is 5.75 Å². The van der Waals surface area contributed by atoms with Crippen LogP contribution >= 0.6 is 11.3 Å². The Hall–Kier alpha value is -3.21. The van der Waals surface area contributed by atoms with Crippen molar-refractivity contribution in [1.29, 1.82) is 0 Å². The van der Waals surface area contributed by atoms with Crippen LogP contribution in [0, 0.1) is 0 Å². The van der Waals surface area contributed by atoms with Gasteiger partial charge in [-0.2, -0.15) is 0 Å². The minimum atomic E-state index is -1.26. The molecule has 10 heteroatoms. The summed E-state index contributed by atoms with van der Waals surface area (Å²) < 4.78 is 5.11. The highest BCUT2D eigenvalue weighted by atomic mass is 32.1. The van der Waals surface area contributed by atoms with E-state index in [-0.39, 0.29) is 30.7 Å². The zero-order valence-electron chi connectivity index (χ0n) is 18.1. The first-order valence-corrected chi connectivity index (χ1v) is 11.3. The number of amides is 3. The normalized spacial score (nSPS) is 20.9. The molecule has 176 valence electrons. The van der Waals surface area contributed by atoms with Crippen molar-refractivity contribution in [2.24, 2.45) is 5.73 Å². The van der Waals surface area contributed by atoms with Crippen molar-refractivity contribution in [3.8, 4) is 5.75 Å². The van der Waals surface area contributed by atoms with E-state index in [1.54, 1.807) is 31.4 Å². The first-order valence-electron chi connectivity index (χ1n) is 10.4. The van der Waals surface area contributed by atoms with Gasteiger partial charge < -0.3 is 31.3 Å². The number of thiophene rings is 1. The Morgan fingerprint density at radius 2 is 1.94 bits per heavy atom. The number of hydrogen-bond acceptors (Lipinski definition) is 7. The third-order valence-corrected chi connectivity index (χ3v) is 6.23. The Morgan fingerprint density at radius 1 is 1.21 bits per heavy atom. The summed E-state index contributed by atoms with van der Waals surface area (Å²) in [5.74, 6) is -1.00. The first kappa shape index (κ1) is 24.4. The molecule has 0 spiro atoms. The average molecular weight is 474 g/mol. The van der Waals surface area contributed by atoms with E-state index in [0.717, 1.165) is 10.4 Å². The fourth-order valence-electron chi connectivity index (χ4n) is 3.54. The number of nitrogens with two attached hydrogens (primary N) is 1. The standard InChI is InChI=1S/C23H27N3O6S/c1-32-15-6-4-13(5-7-15)9-18(22(24)30)26-23(31)14-10-17(21(29)19(27)11-14)25-20(28)12-16-3-2-8-33-16/h2-8,10,17-19,21,27,29H,9,11-12H2,1H3,(H2,24,30)(H,25,28)(H,26,31). The van der Waals surface area contributed by atoms with Gasteiger partial charge in [0.05, 0.1) is 25.7 Å². The van der Waals surface area contributed by atoms with Gasteiger partial charge in [-0.1, -0.05) is 24.3 Å². The van der Waals surface area contributed by atoms with Gasteiger partial charge in [-0.05, 0) is 29.1 Å². The summed E-state index contributed by atoms with van der Waals surface area (Å²) in [6.07, 6.45) is -0.942. The number of rotatable bonds is 9. The van der Waals surface area contributed by atoms with Crippen molar-refractivity contribution < 1.29 is 29.3 Å². The van der Waals surface area contributed by atoms with Gasteiger partial charge in [0.1, 0.15) is 17.9 Å². The van der Waals surface area contributed by atoms with Crippen molar-refractivity contribution >= 4 is 29.1 Å². The molecule has 1 aliphatic carbocycles. The van der Waals surface area contributed by atoms with Gasteiger partial charge in [0, 0.05) is 23.3 Å². The maximum atomic E-state index is 12.8. The summed E-state index contributed by atoms with van der Waals surface area (Å²) in [5.41, 5.74) is 6.40. The molecule has 4 unspecified atom stereocenters. The number of methoxy groups -OCH3 is 1. The fourth-order valence-corrected chi connectivity index (χ4v) is 4.25. The monoisotopic (exact) mass is 473 g/mol. The summed E-state index contributed by atoms with van der Waals surface area (Å²) in [5, 5.41) is 27.6. The molecule has 0 fully saturated rings. The Bertz CT molecular complexity index is 1010. The molecule has 1 aliphatic rings. The van der Waals surface area contributed by atoms with E-state index >= 15 is 0 Å². The van der Waals surface area contributed by atoms with Gasteiger partial charge in [0.15, 0.2) is 0 Å². The van der Waals surface area contributed by atoms with E-state index < -0.39 is 36.1 Å². The van der Waals surface area contributed by atoms with E-state index in [4.69, 9.17) is 10.5 Å². The predicted molar refractivity (Wildman–Crippen MR) is 122 cm³/mol. The average Bonchev–Trinajstić information content (AvgIpc) is 3.29. The van der Waals surface area contributed by atoms with Crippen molar-refractivity contribution in [3.63, 3.8) is 0 Å². The SMILES string of the molecule is COc1ccc(CC(NC(=O)C2=CC(NC(=O)Cc3cccs3)C(O)C(O)C2)C(N)=O)cc1. The third-order valence-electron chi connectivity index (χ3n) is 5.35. The lowest BCUT2D eigenvalue weighted by molar-refractivity contribution is -0.126. The number of ether oxygens (including phenoxy) is 1. The number of primary amides is 1. The van der Waals surface area contributed by atoms with Gasteiger partial charge in [-0.3, -0.25) is 14.4 Å². The summed E-state index contributed by atoms with van der Waals surface area (Å²) in [6, 6.07) is 8.71. The fraction of sp³-hybridized carbons (Fsp3) is 0.348. The summed E-state index contributed by atoms with van der Waals surface area (Å²) >= 11 is 1.43. The quantitative estimate of drug-likeness (QED) is 0.347. The molecule has 9 nitrogen and oxygen atoms in total. The number of nitrogens with one attached hydrogen (secondary N) is 2. The topological polar surface area (TPSA) is 151 Å². The molecule has 33 heavy (non-hydrogen) atoms. The maximum Gasteiger partial charge on any atom is 0.247 e. The molecule has 0 saturated carbocycles. The van der Waals surface area contributed by atoms with Gasteiger partial charge >= 0.3 is 0 Å². The van der Waals surface area contributed by atoms with Crippen LogP contribution in [0.1, 0.15) is 16.9 Å². The Labute approximate surface area is 195 Å². The number of benzene rings is 1. The van der Waals surface area contributed by atoms with Gasteiger partial charge in [0.25, 0.3) is 0 Å². The van der Waals surface area contributed by atoms with E-state index in [0.29, 0.717) is 5.75 Å². The molecule has 3 amide bonds. The number of carbonyl (C=O) groups is 3. The molecule has 1 heterocycles. The number of hydrogen-bond donors (Lipinski definition) is 5. The van der Waals surface area contributed by atoms with Crippen LogP contribution in [0.4, 0.5) is 0 Å². The van der Waals surface area contributed by atoms with Crippen LogP contribution in [0.15, 0.2) is 53.4 Å². The largest absolute Gasteiger partial charge is 0.497 e. The second-order valence-electron chi connectivity index (χ2n) is 7.78. The van der Waals surface area contributed by atoms with Gasteiger partial charge in [-0.25, -0.2) is 0 Å². The molecular weight excluding hydrogens is 446 g/mol. The van der Waals surface area contributed by atoms with Crippen molar-refractivity contribution in [2.45, 2.75) is 43.6 Å². The van der Waals surface area contributed by atoms with Crippen LogP contribution in [-0.4, -0.2) is 59.3 Å². The number of carbonyl (C=O) groups excluding carboxylic acids is 3. The van der Waals surface area contributed by atoms with E-state index in [2.05, 4.69) is 10.6 Å². The molecule has 3 rings (SSSR count). The van der Waals surface area contributed by atoms with E-state index in [1.807, 2.05) is 17.5 Å². The van der Waals surface area contributed by atoms with Crippen LogP contribution in [-0.2, 0) is 27.2 Å². The molecule has 1 aromatic carbocycles. The molecule has 0 aliphatic heterocycles. The lowest BCUT2D eigenvalue weighted by Gasteiger charge is -2.31. The van der Waals surface area contributed by atoms with Gasteiger partial charge in [0.2, 0.25) is 17.7 Å². The maximum absolute atomic E-state index is 12.8. The van der Waals surface area contributed by atoms with E-state index in [9.17, 15) is 24.6 Å². The highest BCUT2D eigenvalue weighted by Crippen LogP contribution is 2.21. The van der Waals surface area contributed by atoms with E-state index in [1.165, 1.54) is 17.4 Å². The van der Waals surface area contributed by atoms with Crippen molar-refractivity contribution in [2.75, 3.05) is 7.11 Å². The molecule has 0 bridgehead atoms. The molecule has 0 radical (unpaired) electrons. The van der Waals surface area contributed by atoms with Crippen LogP contribution < -0.4 is 21.1 Å². The number of aliphatic hydroxyl groups is 2. The predicted octanol–water partition coefficient (Wildman–Crippen LogP) is 0.0487. The minimum Gasteiger partial charge on any atom is -0.497 e. The van der Waals surface area contributed by atoms with Gasteiger partial charge in [-0.15, -0.1) is 11.3 Å². The minimum absolute atomic E-state index is 0.123. The summed E-state index contributed by atoms with van der Waals surface area (Å²) in [7, 11) is 1.54. The molecule has 2 aromatic rings. The molecular formula is C23H27N3O6S. The Morgan fingerprint density at radius 3 is 2.55 bits per heavy atom. The van der Waals surface area contributed by atoms with Crippen LogP contribution in [0.3, 0.4) is 0 Å². The molecule has 6 N–H and O–H groups in total. The summed E-state index contributed by atoms with van der Waals surface area (Å²) in [6.45, 7) is 0. The lowest BCUT2D eigenvalue weighted by atomic mass is 9.89. The second kappa shape index (κ2) is 11.1. The Balaban J connectivity index is 1.67. The lowest BCUT2D eigenvalue weighted by Crippen LogP contribution is -2.52. The zero-order valence-corrected chi connectivity index (χ0v) is 18.9. The second-order valence-corrected chi connectivity index (χ2v) is 8.82. The smallest absolute Gasteiger partial charge is 0.247 e. The molecule has 0 saturated heterocycles. The molecule has 4 atom stereocenters. The highest BCUT2D eigenvalue weighted by Gasteiger charge is 2.34. The van der Waals surface area contributed by atoms with Crippen LogP contribution in [0.25, 0.3) is 0 Å².